The topological polar surface area (TPSA) is 41.5 Å². The number of hydrogen-bond donors (Lipinski definition) is 0. The van der Waals surface area contributed by atoms with Gasteiger partial charge in [-0.3, -0.25) is 9.88 Å². The maximum Gasteiger partial charge on any atom is 0.146 e. The third-order valence-electron chi connectivity index (χ3n) is 3.90. The first-order chi connectivity index (χ1) is 11.1. The Morgan fingerprint density at radius 1 is 1.30 bits per heavy atom. The number of nitrogens with zero attached hydrogens (tertiary/aromatic N) is 4. The second-order valence-corrected chi connectivity index (χ2v) is 5.84. The van der Waals surface area contributed by atoms with Gasteiger partial charge in [-0.1, -0.05) is 6.07 Å². The Bertz CT molecular complexity index is 665. The van der Waals surface area contributed by atoms with Crippen molar-refractivity contribution in [2.24, 2.45) is 0 Å². The molecule has 1 fully saturated rings. The monoisotopic (exact) mass is 316 g/mol. The van der Waals surface area contributed by atoms with Crippen LogP contribution in [0, 0.1) is 5.82 Å². The lowest BCUT2D eigenvalue weighted by molar-refractivity contribution is -0.0356. The summed E-state index contributed by atoms with van der Waals surface area (Å²) in [5.74, 6) is 0.641. The van der Waals surface area contributed by atoms with Gasteiger partial charge in [0.15, 0.2) is 0 Å². The zero-order chi connectivity index (χ0) is 16.2. The van der Waals surface area contributed by atoms with Gasteiger partial charge < -0.3 is 9.64 Å². The Labute approximate surface area is 135 Å². The molecule has 0 aromatic carbocycles. The highest BCUT2D eigenvalue weighted by atomic mass is 19.1. The Kier molecular flexibility index (Phi) is 4.83. The SMILES string of the molecule is CN(C)c1cccc([C@H]2CN(Cc3ncccc3F)CCO2)n1. The van der Waals surface area contributed by atoms with E-state index in [0.717, 1.165) is 18.1 Å². The number of ether oxygens (including phenoxy) is 1. The first kappa shape index (κ1) is 15.8. The van der Waals surface area contributed by atoms with Crippen LogP contribution in [0.25, 0.3) is 0 Å². The van der Waals surface area contributed by atoms with Crippen LogP contribution in [0.3, 0.4) is 0 Å². The molecule has 0 N–H and O–H groups in total. The standard InChI is InChI=1S/C17H21FN4O/c1-21(2)17-7-3-6-14(20-17)16-12-22(9-10-23-16)11-15-13(18)5-4-8-19-15/h3-8,16H,9-12H2,1-2H3/t16-/m1/s1. The van der Waals surface area contributed by atoms with Crippen molar-refractivity contribution in [1.29, 1.82) is 0 Å². The number of aromatic nitrogens is 2. The van der Waals surface area contributed by atoms with Gasteiger partial charge in [-0.05, 0) is 24.3 Å². The fraction of sp³-hybridized carbons (Fsp3) is 0.412. The summed E-state index contributed by atoms with van der Waals surface area (Å²) in [6.07, 6.45) is 1.52. The van der Waals surface area contributed by atoms with Gasteiger partial charge in [0.2, 0.25) is 0 Å². The van der Waals surface area contributed by atoms with E-state index in [4.69, 9.17) is 4.74 Å². The second kappa shape index (κ2) is 7.02. The Morgan fingerprint density at radius 2 is 2.17 bits per heavy atom. The van der Waals surface area contributed by atoms with E-state index >= 15 is 0 Å². The molecule has 0 radical (unpaired) electrons. The second-order valence-electron chi connectivity index (χ2n) is 5.84. The molecule has 2 aromatic rings. The van der Waals surface area contributed by atoms with Gasteiger partial charge >= 0.3 is 0 Å². The van der Waals surface area contributed by atoms with Crippen molar-refractivity contribution in [3.8, 4) is 0 Å². The molecule has 1 atom stereocenters. The van der Waals surface area contributed by atoms with Gasteiger partial charge in [0.05, 0.1) is 18.0 Å². The van der Waals surface area contributed by atoms with Crippen LogP contribution < -0.4 is 4.90 Å². The lowest BCUT2D eigenvalue weighted by Crippen LogP contribution is -2.38. The summed E-state index contributed by atoms with van der Waals surface area (Å²) in [7, 11) is 3.92. The molecule has 23 heavy (non-hydrogen) atoms. The Morgan fingerprint density at radius 3 is 2.96 bits per heavy atom. The Balaban J connectivity index is 1.71. The molecule has 6 heteroatoms. The van der Waals surface area contributed by atoms with Crippen molar-refractivity contribution in [1.82, 2.24) is 14.9 Å². The molecule has 3 heterocycles. The number of pyridine rings is 2. The molecule has 0 saturated carbocycles. The van der Waals surface area contributed by atoms with Crippen LogP contribution >= 0.6 is 0 Å². The molecule has 0 amide bonds. The van der Waals surface area contributed by atoms with Gasteiger partial charge in [-0.15, -0.1) is 0 Å². The first-order valence-corrected chi connectivity index (χ1v) is 7.71. The van der Waals surface area contributed by atoms with Crippen LogP contribution in [-0.4, -0.2) is 48.7 Å². The van der Waals surface area contributed by atoms with Gasteiger partial charge in [-0.2, -0.15) is 0 Å². The number of morpholine rings is 1. The third kappa shape index (κ3) is 3.83. The first-order valence-electron chi connectivity index (χ1n) is 7.71. The van der Waals surface area contributed by atoms with Crippen LogP contribution in [0.5, 0.6) is 0 Å². The predicted molar refractivity (Wildman–Crippen MR) is 86.7 cm³/mol. The van der Waals surface area contributed by atoms with Gasteiger partial charge in [0.25, 0.3) is 0 Å². The minimum absolute atomic E-state index is 0.101. The van der Waals surface area contributed by atoms with E-state index in [9.17, 15) is 4.39 Å². The van der Waals surface area contributed by atoms with Crippen LogP contribution in [0.4, 0.5) is 10.2 Å². The lowest BCUT2D eigenvalue weighted by Gasteiger charge is -2.32. The molecule has 0 bridgehead atoms. The van der Waals surface area contributed by atoms with E-state index in [1.54, 1.807) is 12.3 Å². The van der Waals surface area contributed by atoms with Gasteiger partial charge in [-0.25, -0.2) is 9.37 Å². The van der Waals surface area contributed by atoms with Crippen LogP contribution in [0.1, 0.15) is 17.5 Å². The maximum absolute atomic E-state index is 13.8. The summed E-state index contributed by atoms with van der Waals surface area (Å²) in [5.41, 5.74) is 1.38. The highest BCUT2D eigenvalue weighted by Gasteiger charge is 2.24. The quantitative estimate of drug-likeness (QED) is 0.865. The zero-order valence-electron chi connectivity index (χ0n) is 13.4. The van der Waals surface area contributed by atoms with Crippen molar-refractivity contribution in [3.05, 3.63) is 53.7 Å². The summed E-state index contributed by atoms with van der Waals surface area (Å²) >= 11 is 0. The lowest BCUT2D eigenvalue weighted by atomic mass is 10.1. The van der Waals surface area contributed by atoms with Gasteiger partial charge in [0, 0.05) is 39.9 Å². The fourth-order valence-corrected chi connectivity index (χ4v) is 2.64. The molecule has 1 saturated heterocycles. The van der Waals surface area contributed by atoms with Crippen molar-refractivity contribution < 1.29 is 9.13 Å². The summed E-state index contributed by atoms with van der Waals surface area (Å²) < 4.78 is 19.6. The third-order valence-corrected chi connectivity index (χ3v) is 3.90. The molecular formula is C17H21FN4O. The zero-order valence-corrected chi connectivity index (χ0v) is 13.4. The van der Waals surface area contributed by atoms with Crippen LogP contribution in [-0.2, 0) is 11.3 Å². The Hall–Kier alpha value is -2.05. The summed E-state index contributed by atoms with van der Waals surface area (Å²) in [6.45, 7) is 2.53. The van der Waals surface area contributed by atoms with E-state index in [2.05, 4.69) is 14.9 Å². The smallest absolute Gasteiger partial charge is 0.146 e. The number of halogens is 1. The highest BCUT2D eigenvalue weighted by molar-refractivity contribution is 5.37. The number of anilines is 1. The summed E-state index contributed by atoms with van der Waals surface area (Å²) in [6, 6.07) is 8.98. The minimum atomic E-state index is -0.261. The molecule has 1 aliphatic heterocycles. The molecule has 3 rings (SSSR count). The van der Waals surface area contributed by atoms with E-state index in [1.165, 1.54) is 6.07 Å². The molecule has 0 aliphatic carbocycles. The van der Waals surface area contributed by atoms with Crippen LogP contribution in [0.15, 0.2) is 36.5 Å². The van der Waals surface area contributed by atoms with Crippen molar-refractivity contribution in [2.45, 2.75) is 12.6 Å². The number of hydrogen-bond acceptors (Lipinski definition) is 5. The van der Waals surface area contributed by atoms with E-state index in [0.29, 0.717) is 25.4 Å². The molecule has 1 aliphatic rings. The fourth-order valence-electron chi connectivity index (χ4n) is 2.64. The largest absolute Gasteiger partial charge is 0.369 e. The predicted octanol–water partition coefficient (Wildman–Crippen LogP) is 2.26. The normalized spacial score (nSPS) is 18.8. The minimum Gasteiger partial charge on any atom is -0.369 e. The molecule has 122 valence electrons. The average molecular weight is 316 g/mol. The molecule has 0 spiro atoms. The molecule has 0 unspecified atom stereocenters. The van der Waals surface area contributed by atoms with Crippen molar-refractivity contribution in [3.63, 3.8) is 0 Å². The summed E-state index contributed by atoms with van der Waals surface area (Å²) in [4.78, 5) is 12.9. The average Bonchev–Trinajstić information content (AvgIpc) is 2.57. The maximum atomic E-state index is 13.8. The van der Waals surface area contributed by atoms with E-state index < -0.39 is 0 Å². The highest BCUT2D eigenvalue weighted by Crippen LogP contribution is 2.23. The van der Waals surface area contributed by atoms with E-state index in [1.807, 2.05) is 37.2 Å². The van der Waals surface area contributed by atoms with Crippen molar-refractivity contribution >= 4 is 5.82 Å². The number of rotatable bonds is 4. The van der Waals surface area contributed by atoms with Crippen LogP contribution in [0.2, 0.25) is 0 Å². The van der Waals surface area contributed by atoms with Gasteiger partial charge in [0.1, 0.15) is 17.7 Å². The molecule has 2 aromatic heterocycles. The summed E-state index contributed by atoms with van der Waals surface area (Å²) in [5, 5.41) is 0. The van der Waals surface area contributed by atoms with E-state index in [-0.39, 0.29) is 11.9 Å². The molecular weight excluding hydrogens is 295 g/mol. The molecule has 5 nitrogen and oxygen atoms in total. The van der Waals surface area contributed by atoms with Crippen molar-refractivity contribution in [2.75, 3.05) is 38.7 Å².